The average Bonchev–Trinajstić information content (AvgIpc) is 2.40. The molecule has 0 saturated heterocycles. The lowest BCUT2D eigenvalue weighted by atomic mass is 9.85. The Bertz CT molecular complexity index is 489. The molecule has 2 N–H and O–H groups in total. The fourth-order valence-electron chi connectivity index (χ4n) is 2.45. The number of nitrogens with one attached hydrogen (secondary N) is 1. The van der Waals surface area contributed by atoms with E-state index in [1.807, 2.05) is 0 Å². The summed E-state index contributed by atoms with van der Waals surface area (Å²) in [5.41, 5.74) is -0.968. The standard InChI is InChI=1S/C14H20N2O3/c17-12(10-16-9-5-2-6-13(16)18)15-11-14(19)7-3-1-4-8-14/h2,5-6,9,19H,1,3-4,7-8,10-11H2,(H,15,17). The first-order chi connectivity index (χ1) is 9.09. The third-order valence-corrected chi connectivity index (χ3v) is 3.61. The first kappa shape index (κ1) is 13.8. The molecule has 0 bridgehead atoms. The number of aliphatic hydroxyl groups is 1. The SMILES string of the molecule is O=C(Cn1ccccc1=O)NCC1(O)CCCCC1. The van der Waals surface area contributed by atoms with Gasteiger partial charge in [0.15, 0.2) is 0 Å². The van der Waals surface area contributed by atoms with Gasteiger partial charge in [-0.1, -0.05) is 25.3 Å². The monoisotopic (exact) mass is 264 g/mol. The molecule has 5 heteroatoms. The Kier molecular flexibility index (Phi) is 4.37. The summed E-state index contributed by atoms with van der Waals surface area (Å²) in [5.74, 6) is -0.243. The normalized spacial score (nSPS) is 17.9. The lowest BCUT2D eigenvalue weighted by molar-refractivity contribution is -0.123. The Morgan fingerprint density at radius 1 is 1.32 bits per heavy atom. The highest BCUT2D eigenvalue weighted by Crippen LogP contribution is 2.27. The number of hydrogen-bond donors (Lipinski definition) is 2. The second-order valence-electron chi connectivity index (χ2n) is 5.23. The van der Waals surface area contributed by atoms with Gasteiger partial charge in [-0.05, 0) is 18.9 Å². The molecule has 0 aromatic carbocycles. The van der Waals surface area contributed by atoms with Crippen LogP contribution in [-0.4, -0.2) is 27.7 Å². The highest BCUT2D eigenvalue weighted by atomic mass is 16.3. The number of carbonyl (C=O) groups excluding carboxylic acids is 1. The lowest BCUT2D eigenvalue weighted by Gasteiger charge is -2.32. The maximum Gasteiger partial charge on any atom is 0.250 e. The molecule has 1 amide bonds. The number of pyridine rings is 1. The molecule has 1 aromatic heterocycles. The molecule has 0 unspecified atom stereocenters. The zero-order chi connectivity index (χ0) is 13.7. The molecular weight excluding hydrogens is 244 g/mol. The highest BCUT2D eigenvalue weighted by Gasteiger charge is 2.29. The summed E-state index contributed by atoms with van der Waals surface area (Å²) < 4.78 is 1.35. The van der Waals surface area contributed by atoms with Crippen LogP contribution in [0.3, 0.4) is 0 Å². The molecule has 1 aromatic rings. The third-order valence-electron chi connectivity index (χ3n) is 3.61. The number of rotatable bonds is 4. The van der Waals surface area contributed by atoms with Crippen molar-refractivity contribution in [2.45, 2.75) is 44.2 Å². The second kappa shape index (κ2) is 6.02. The molecule has 1 heterocycles. The molecule has 19 heavy (non-hydrogen) atoms. The largest absolute Gasteiger partial charge is 0.388 e. The van der Waals surface area contributed by atoms with Crippen LogP contribution in [0.2, 0.25) is 0 Å². The van der Waals surface area contributed by atoms with Crippen LogP contribution in [0.4, 0.5) is 0 Å². The quantitative estimate of drug-likeness (QED) is 0.839. The van der Waals surface area contributed by atoms with E-state index in [0.29, 0.717) is 0 Å². The van der Waals surface area contributed by atoms with Crippen molar-refractivity contribution in [2.24, 2.45) is 0 Å². The van der Waals surface area contributed by atoms with E-state index in [9.17, 15) is 14.7 Å². The van der Waals surface area contributed by atoms with E-state index in [-0.39, 0.29) is 24.6 Å². The van der Waals surface area contributed by atoms with E-state index in [1.165, 1.54) is 10.6 Å². The van der Waals surface area contributed by atoms with Crippen LogP contribution < -0.4 is 10.9 Å². The fourth-order valence-corrected chi connectivity index (χ4v) is 2.45. The van der Waals surface area contributed by atoms with Gasteiger partial charge in [0.1, 0.15) is 6.54 Å². The van der Waals surface area contributed by atoms with Gasteiger partial charge in [0, 0.05) is 18.8 Å². The van der Waals surface area contributed by atoms with E-state index < -0.39 is 5.60 Å². The molecule has 0 radical (unpaired) electrons. The van der Waals surface area contributed by atoms with Crippen LogP contribution in [0.1, 0.15) is 32.1 Å². The Morgan fingerprint density at radius 2 is 2.05 bits per heavy atom. The van der Waals surface area contributed by atoms with E-state index in [1.54, 1.807) is 18.3 Å². The lowest BCUT2D eigenvalue weighted by Crippen LogP contribution is -2.45. The Hall–Kier alpha value is -1.62. The number of amides is 1. The van der Waals surface area contributed by atoms with Crippen molar-refractivity contribution < 1.29 is 9.90 Å². The molecule has 0 atom stereocenters. The molecule has 5 nitrogen and oxygen atoms in total. The van der Waals surface area contributed by atoms with Gasteiger partial charge in [0.05, 0.1) is 5.60 Å². The summed E-state index contributed by atoms with van der Waals surface area (Å²) in [4.78, 5) is 23.2. The molecule has 0 aliphatic heterocycles. The van der Waals surface area contributed by atoms with E-state index >= 15 is 0 Å². The van der Waals surface area contributed by atoms with E-state index in [0.717, 1.165) is 32.1 Å². The van der Waals surface area contributed by atoms with Crippen LogP contribution >= 0.6 is 0 Å². The first-order valence-corrected chi connectivity index (χ1v) is 6.74. The predicted molar refractivity (Wildman–Crippen MR) is 71.7 cm³/mol. The summed E-state index contributed by atoms with van der Waals surface area (Å²) in [6.45, 7) is 0.267. The minimum absolute atomic E-state index is 0.00421. The molecule has 1 aliphatic rings. The van der Waals surface area contributed by atoms with E-state index in [2.05, 4.69) is 5.32 Å². The van der Waals surface area contributed by atoms with Gasteiger partial charge in [-0.3, -0.25) is 9.59 Å². The topological polar surface area (TPSA) is 71.3 Å². The number of aromatic nitrogens is 1. The molecule has 1 aliphatic carbocycles. The van der Waals surface area contributed by atoms with Gasteiger partial charge >= 0.3 is 0 Å². The smallest absolute Gasteiger partial charge is 0.250 e. The maximum atomic E-state index is 11.8. The third kappa shape index (κ3) is 3.92. The van der Waals surface area contributed by atoms with Crippen LogP contribution in [0.25, 0.3) is 0 Å². The Labute approximate surface area is 112 Å². The van der Waals surface area contributed by atoms with Gasteiger partial charge in [-0.15, -0.1) is 0 Å². The zero-order valence-corrected chi connectivity index (χ0v) is 11.0. The molecular formula is C14H20N2O3. The number of carbonyl (C=O) groups is 1. The molecule has 1 fully saturated rings. The summed E-state index contributed by atoms with van der Waals surface area (Å²) in [6.07, 6.45) is 6.21. The summed E-state index contributed by atoms with van der Waals surface area (Å²) in [7, 11) is 0. The minimum atomic E-state index is -0.768. The number of hydrogen-bond acceptors (Lipinski definition) is 3. The molecule has 2 rings (SSSR count). The van der Waals surface area contributed by atoms with Gasteiger partial charge < -0.3 is 15.0 Å². The fraction of sp³-hybridized carbons (Fsp3) is 0.571. The second-order valence-corrected chi connectivity index (χ2v) is 5.23. The van der Waals surface area contributed by atoms with Crippen molar-refractivity contribution in [3.63, 3.8) is 0 Å². The van der Waals surface area contributed by atoms with Gasteiger partial charge in [-0.25, -0.2) is 0 Å². The van der Waals surface area contributed by atoms with Crippen molar-refractivity contribution in [1.29, 1.82) is 0 Å². The van der Waals surface area contributed by atoms with Crippen LogP contribution in [0.15, 0.2) is 29.2 Å². The summed E-state index contributed by atoms with van der Waals surface area (Å²) in [6, 6.07) is 4.77. The van der Waals surface area contributed by atoms with Crippen LogP contribution in [0.5, 0.6) is 0 Å². The van der Waals surface area contributed by atoms with E-state index in [4.69, 9.17) is 0 Å². The van der Waals surface area contributed by atoms with Crippen molar-refractivity contribution in [3.05, 3.63) is 34.7 Å². The van der Waals surface area contributed by atoms with Crippen LogP contribution in [-0.2, 0) is 11.3 Å². The predicted octanol–water partition coefficient (Wildman–Crippen LogP) is 0.660. The van der Waals surface area contributed by atoms with Gasteiger partial charge in [0.2, 0.25) is 5.91 Å². The van der Waals surface area contributed by atoms with Crippen molar-refractivity contribution in [1.82, 2.24) is 9.88 Å². The Balaban J connectivity index is 1.85. The molecule has 0 spiro atoms. The van der Waals surface area contributed by atoms with Crippen molar-refractivity contribution in [3.8, 4) is 0 Å². The van der Waals surface area contributed by atoms with Gasteiger partial charge in [-0.2, -0.15) is 0 Å². The summed E-state index contributed by atoms with van der Waals surface area (Å²) >= 11 is 0. The molecule has 104 valence electrons. The maximum absolute atomic E-state index is 11.8. The first-order valence-electron chi connectivity index (χ1n) is 6.74. The summed E-state index contributed by atoms with van der Waals surface area (Å²) in [5, 5.41) is 13.0. The highest BCUT2D eigenvalue weighted by molar-refractivity contribution is 5.75. The number of nitrogens with zero attached hydrogens (tertiary/aromatic N) is 1. The molecule has 1 saturated carbocycles. The van der Waals surface area contributed by atoms with Crippen molar-refractivity contribution >= 4 is 5.91 Å². The van der Waals surface area contributed by atoms with Crippen molar-refractivity contribution in [2.75, 3.05) is 6.54 Å². The zero-order valence-electron chi connectivity index (χ0n) is 11.0. The van der Waals surface area contributed by atoms with Gasteiger partial charge in [0.25, 0.3) is 5.56 Å². The van der Waals surface area contributed by atoms with Crippen LogP contribution in [0, 0.1) is 0 Å². The minimum Gasteiger partial charge on any atom is -0.388 e. The Morgan fingerprint density at radius 3 is 2.74 bits per heavy atom. The average molecular weight is 264 g/mol.